The molecule has 4 aromatic heterocycles. The van der Waals surface area contributed by atoms with Crippen LogP contribution < -0.4 is 0 Å². The van der Waals surface area contributed by atoms with Gasteiger partial charge in [-0.2, -0.15) is 0 Å². The molecule has 0 saturated carbocycles. The first-order valence-corrected chi connectivity index (χ1v) is 9.39. The van der Waals surface area contributed by atoms with Crippen LogP contribution in [-0.4, -0.2) is 9.97 Å². The van der Waals surface area contributed by atoms with Gasteiger partial charge in [0, 0.05) is 10.8 Å². The minimum Gasteiger partial charge on any atom is -0.236 e. The van der Waals surface area contributed by atoms with Gasteiger partial charge in [0.1, 0.15) is 9.66 Å². The number of thiazole rings is 2. The second-order valence-electron chi connectivity index (χ2n) is 5.98. The molecule has 0 spiro atoms. The molecule has 4 heteroatoms. The number of hydrogen-bond donors (Lipinski definition) is 0. The molecule has 0 N–H and O–H groups in total. The van der Waals surface area contributed by atoms with Crippen LogP contribution in [0, 0.1) is 0 Å². The van der Waals surface area contributed by atoms with Gasteiger partial charge in [0.25, 0.3) is 0 Å². The van der Waals surface area contributed by atoms with E-state index < -0.39 is 0 Å². The van der Waals surface area contributed by atoms with Gasteiger partial charge in [-0.3, -0.25) is 0 Å². The fraction of sp³-hybridized carbons (Fsp3) is 0. The highest BCUT2D eigenvalue weighted by Gasteiger charge is 2.06. The van der Waals surface area contributed by atoms with E-state index in [1.165, 1.54) is 30.9 Å². The standard InChI is InChI=1S/C20H10N2S2/c1-2-12-4-3-11(1)19-21-15-9-13(5-7-17(15)23-19)14-6-8-18-16(10-14)22-20(12)24-18/h1-10H. The minimum absolute atomic E-state index is 1.06. The van der Waals surface area contributed by atoms with E-state index >= 15 is 0 Å². The first-order valence-electron chi connectivity index (χ1n) is 7.76. The molecule has 0 aliphatic carbocycles. The van der Waals surface area contributed by atoms with Crippen molar-refractivity contribution >= 4 is 74.3 Å². The topological polar surface area (TPSA) is 25.8 Å². The highest BCUT2D eigenvalue weighted by molar-refractivity contribution is 7.25. The molecule has 0 unspecified atom stereocenters. The van der Waals surface area contributed by atoms with E-state index in [4.69, 9.17) is 9.97 Å². The van der Waals surface area contributed by atoms with Crippen LogP contribution in [0.2, 0.25) is 0 Å². The Bertz CT molecular complexity index is 1280. The number of fused-ring (bicyclic) bond motifs is 2. The third kappa shape index (κ3) is 1.75. The number of hydrogen-bond acceptors (Lipinski definition) is 4. The lowest BCUT2D eigenvalue weighted by molar-refractivity contribution is 1.56. The van der Waals surface area contributed by atoms with Gasteiger partial charge in [-0.25, -0.2) is 9.97 Å². The van der Waals surface area contributed by atoms with Crippen molar-refractivity contribution in [2.45, 2.75) is 0 Å². The van der Waals surface area contributed by atoms with Gasteiger partial charge in [0.2, 0.25) is 0 Å². The maximum Gasteiger partial charge on any atom is 0.124 e. The average molecular weight is 342 g/mol. The number of rotatable bonds is 0. The SMILES string of the molecule is c1cc2sc3nc2cc1c1ccc2sc(nc2c1)c1ccc3cc1. The van der Waals surface area contributed by atoms with Crippen molar-refractivity contribution in [1.82, 2.24) is 9.97 Å². The summed E-state index contributed by atoms with van der Waals surface area (Å²) in [6.45, 7) is 0. The molecule has 0 fully saturated rings. The zero-order valence-corrected chi connectivity index (χ0v) is 14.1. The van der Waals surface area contributed by atoms with Gasteiger partial charge in [0.05, 0.1) is 20.4 Å². The summed E-state index contributed by atoms with van der Waals surface area (Å²) in [5, 5.41) is 4.72. The molecular formula is C20H10N2S2. The normalized spacial score (nSPS) is 12.2. The number of aromatic nitrogens is 2. The maximum absolute atomic E-state index is 4.85. The molecular weight excluding hydrogens is 332 g/mol. The molecule has 4 heterocycles. The van der Waals surface area contributed by atoms with Crippen molar-refractivity contribution in [3.63, 3.8) is 0 Å². The third-order valence-corrected chi connectivity index (χ3v) is 6.66. The Hall–Kier alpha value is -2.56. The van der Waals surface area contributed by atoms with E-state index in [2.05, 4.69) is 60.7 Å². The summed E-state index contributed by atoms with van der Waals surface area (Å²) in [7, 11) is 0. The molecule has 0 amide bonds. The molecule has 112 valence electrons. The van der Waals surface area contributed by atoms with E-state index in [-0.39, 0.29) is 0 Å². The Morgan fingerprint density at radius 1 is 0.500 bits per heavy atom. The smallest absolute Gasteiger partial charge is 0.124 e. The van der Waals surface area contributed by atoms with E-state index in [9.17, 15) is 0 Å². The Kier molecular flexibility index (Phi) is 2.40. The van der Waals surface area contributed by atoms with E-state index in [1.807, 2.05) is 0 Å². The van der Waals surface area contributed by atoms with Crippen molar-refractivity contribution in [1.29, 1.82) is 0 Å². The second kappa shape index (κ2) is 4.50. The molecule has 2 nitrogen and oxygen atoms in total. The highest BCUT2D eigenvalue weighted by Crippen LogP contribution is 2.32. The molecule has 0 aliphatic rings. The Morgan fingerprint density at radius 2 is 0.917 bits per heavy atom. The van der Waals surface area contributed by atoms with Crippen LogP contribution in [0.1, 0.15) is 0 Å². The summed E-state index contributed by atoms with van der Waals surface area (Å²) in [4.78, 5) is 11.9. The molecule has 0 atom stereocenters. The maximum atomic E-state index is 4.85. The summed E-state index contributed by atoms with van der Waals surface area (Å²) in [5.74, 6) is 0. The molecule has 0 aliphatic heterocycles. The van der Waals surface area contributed by atoms with Crippen LogP contribution in [0.3, 0.4) is 0 Å². The lowest BCUT2D eigenvalue weighted by Crippen LogP contribution is -1.74. The Labute approximate surface area is 145 Å². The predicted molar refractivity (Wildman–Crippen MR) is 105 cm³/mol. The van der Waals surface area contributed by atoms with Crippen molar-refractivity contribution in [2.24, 2.45) is 0 Å². The summed E-state index contributed by atoms with van der Waals surface area (Å²) >= 11 is 3.49. The van der Waals surface area contributed by atoms with Crippen molar-refractivity contribution in [2.75, 3.05) is 0 Å². The fourth-order valence-electron chi connectivity index (χ4n) is 3.22. The largest absolute Gasteiger partial charge is 0.236 e. The van der Waals surface area contributed by atoms with Crippen molar-refractivity contribution in [3.8, 4) is 0 Å². The number of nitrogens with zero attached hydrogens (tertiary/aromatic N) is 2. The van der Waals surface area contributed by atoms with Gasteiger partial charge in [0.15, 0.2) is 0 Å². The molecule has 8 bridgehead atoms. The first kappa shape index (κ1) is 12.8. The predicted octanol–water partition coefficient (Wildman–Crippen LogP) is 6.37. The van der Waals surface area contributed by atoms with Crippen LogP contribution >= 0.6 is 22.7 Å². The first-order chi connectivity index (χ1) is 11.8. The van der Waals surface area contributed by atoms with E-state index in [0.29, 0.717) is 0 Å². The third-order valence-electron chi connectivity index (χ3n) is 4.49. The average Bonchev–Trinajstić information content (AvgIpc) is 3.23. The molecule has 7 aromatic rings. The van der Waals surface area contributed by atoms with Crippen LogP contribution in [0.4, 0.5) is 0 Å². The quantitative estimate of drug-likeness (QED) is 0.321. The van der Waals surface area contributed by atoms with Gasteiger partial charge < -0.3 is 0 Å². The van der Waals surface area contributed by atoms with Gasteiger partial charge in [-0.05, 0) is 35.0 Å². The molecule has 7 rings (SSSR count). The van der Waals surface area contributed by atoms with E-state index in [0.717, 1.165) is 20.7 Å². The molecule has 3 aromatic carbocycles. The lowest BCUT2D eigenvalue weighted by atomic mass is 10.1. The van der Waals surface area contributed by atoms with Crippen molar-refractivity contribution in [3.05, 3.63) is 60.7 Å². The highest BCUT2D eigenvalue weighted by atomic mass is 32.1. The zero-order valence-electron chi connectivity index (χ0n) is 12.5. The van der Waals surface area contributed by atoms with Crippen LogP contribution in [0.25, 0.3) is 51.6 Å². The van der Waals surface area contributed by atoms with Crippen molar-refractivity contribution < 1.29 is 0 Å². The Morgan fingerprint density at radius 3 is 1.38 bits per heavy atom. The van der Waals surface area contributed by atoms with E-state index in [1.54, 1.807) is 22.7 Å². The Balaban J connectivity index is 1.96. The van der Waals surface area contributed by atoms with Crippen LogP contribution in [0.5, 0.6) is 0 Å². The lowest BCUT2D eigenvalue weighted by Gasteiger charge is -1.95. The van der Waals surface area contributed by atoms with Gasteiger partial charge in [-0.15, -0.1) is 22.7 Å². The summed E-state index contributed by atoms with van der Waals surface area (Å²) < 4.78 is 2.45. The van der Waals surface area contributed by atoms with Gasteiger partial charge in [-0.1, -0.05) is 36.4 Å². The summed E-state index contributed by atoms with van der Waals surface area (Å²) in [6.07, 6.45) is 0. The van der Waals surface area contributed by atoms with Crippen LogP contribution in [0.15, 0.2) is 60.7 Å². The second-order valence-corrected chi connectivity index (χ2v) is 8.04. The fourth-order valence-corrected chi connectivity index (χ4v) is 5.12. The molecule has 24 heavy (non-hydrogen) atoms. The van der Waals surface area contributed by atoms with Crippen LogP contribution in [-0.2, 0) is 0 Å². The molecule has 0 saturated heterocycles. The number of benzene rings is 3. The van der Waals surface area contributed by atoms with Gasteiger partial charge >= 0.3 is 0 Å². The summed E-state index contributed by atoms with van der Waals surface area (Å²) in [5.41, 5.74) is 2.13. The monoisotopic (exact) mass is 342 g/mol. The summed E-state index contributed by atoms with van der Waals surface area (Å²) in [6, 6.07) is 21.7. The zero-order chi connectivity index (χ0) is 15.7. The minimum atomic E-state index is 1.06. The molecule has 0 radical (unpaired) electrons.